The van der Waals surface area contributed by atoms with E-state index in [9.17, 15) is 23.3 Å². The molecule has 13 heteroatoms. The maximum Gasteiger partial charge on any atom is 0.416 e. The van der Waals surface area contributed by atoms with E-state index in [4.69, 9.17) is 9.47 Å². The number of piperidine rings is 1. The highest BCUT2D eigenvalue weighted by atomic mass is 32.1. The van der Waals surface area contributed by atoms with Gasteiger partial charge in [-0.3, -0.25) is 9.47 Å². The molecule has 0 unspecified atom stereocenters. The lowest BCUT2D eigenvalue weighted by Gasteiger charge is -2.31. The van der Waals surface area contributed by atoms with Gasteiger partial charge in [-0.1, -0.05) is 24.3 Å². The fraction of sp³-hybridized carbons (Fsp3) is 0.379. The van der Waals surface area contributed by atoms with Crippen molar-refractivity contribution in [2.45, 2.75) is 50.6 Å². The zero-order chi connectivity index (χ0) is 29.5. The summed E-state index contributed by atoms with van der Waals surface area (Å²) in [5.41, 5.74) is 1.55. The highest BCUT2D eigenvalue weighted by molar-refractivity contribution is 7.13. The molecule has 220 valence electrons. The van der Waals surface area contributed by atoms with Gasteiger partial charge >= 0.3 is 18.0 Å². The van der Waals surface area contributed by atoms with E-state index in [2.05, 4.69) is 27.0 Å². The highest BCUT2D eigenvalue weighted by Crippen LogP contribution is 2.34. The molecule has 1 fully saturated rings. The van der Waals surface area contributed by atoms with Crippen LogP contribution in [-0.4, -0.2) is 49.7 Å². The Morgan fingerprint density at radius 1 is 1.12 bits per heavy atom. The minimum absolute atomic E-state index is 0.226. The fourth-order valence-corrected chi connectivity index (χ4v) is 6.21. The van der Waals surface area contributed by atoms with Crippen LogP contribution < -0.4 is 9.47 Å². The molecule has 9 nitrogen and oxygen atoms in total. The van der Waals surface area contributed by atoms with Crippen LogP contribution in [0.1, 0.15) is 42.5 Å². The number of imidazole rings is 1. The summed E-state index contributed by atoms with van der Waals surface area (Å²) in [6, 6.07) is 13.5. The summed E-state index contributed by atoms with van der Waals surface area (Å²) in [4.78, 5) is 21.3. The molecule has 6 rings (SSSR count). The van der Waals surface area contributed by atoms with E-state index in [1.54, 1.807) is 4.57 Å². The topological polar surface area (TPSA) is 95.5 Å². The van der Waals surface area contributed by atoms with Crippen LogP contribution in [-0.2, 0) is 19.3 Å². The lowest BCUT2D eigenvalue weighted by atomic mass is 9.89. The second-order valence-corrected chi connectivity index (χ2v) is 11.8. The number of hydrogen-bond donors (Lipinski definition) is 0. The van der Waals surface area contributed by atoms with E-state index in [0.717, 1.165) is 54.5 Å². The Bertz CT molecular complexity index is 1540. The van der Waals surface area contributed by atoms with E-state index in [-0.39, 0.29) is 18.4 Å². The van der Waals surface area contributed by atoms with Gasteiger partial charge in [0.2, 0.25) is 0 Å². The number of halogens is 3. The largest absolute Gasteiger partial charge is 0.489 e. The number of alkyl halides is 3. The van der Waals surface area contributed by atoms with Crippen molar-refractivity contribution in [3.8, 4) is 22.3 Å². The van der Waals surface area contributed by atoms with Crippen molar-refractivity contribution >= 4 is 17.2 Å². The number of aromatic nitrogens is 3. The summed E-state index contributed by atoms with van der Waals surface area (Å²) < 4.78 is 52.0. The Morgan fingerprint density at radius 2 is 1.83 bits per heavy atom. The molecule has 2 aromatic carbocycles. The summed E-state index contributed by atoms with van der Waals surface area (Å²) in [5.74, 6) is 0.934. The second-order valence-electron chi connectivity index (χ2n) is 10.9. The smallest absolute Gasteiger partial charge is 0.416 e. The van der Waals surface area contributed by atoms with Gasteiger partial charge < -0.3 is 19.6 Å². The Labute approximate surface area is 243 Å². The molecule has 0 aliphatic carbocycles. The predicted octanol–water partition coefficient (Wildman–Crippen LogP) is 6.54. The van der Waals surface area contributed by atoms with Crippen molar-refractivity contribution in [1.82, 2.24) is 19.4 Å². The van der Waals surface area contributed by atoms with Gasteiger partial charge in [0.05, 0.1) is 17.8 Å². The molecule has 1 atom stereocenters. The minimum Gasteiger partial charge on any atom is -0.489 e. The summed E-state index contributed by atoms with van der Waals surface area (Å²) in [5, 5.41) is 13.6. The fourth-order valence-electron chi connectivity index (χ4n) is 5.40. The first-order valence-electron chi connectivity index (χ1n) is 13.5. The summed E-state index contributed by atoms with van der Waals surface area (Å²) in [6.45, 7) is 5.15. The Balaban J connectivity index is 0.969. The van der Waals surface area contributed by atoms with Crippen molar-refractivity contribution in [2.24, 2.45) is 0 Å². The molecule has 0 N–H and O–H groups in total. The lowest BCUT2D eigenvalue weighted by Crippen LogP contribution is -2.38. The molecular weight excluding hydrogens is 571 g/mol. The van der Waals surface area contributed by atoms with E-state index in [0.29, 0.717) is 24.6 Å². The van der Waals surface area contributed by atoms with Crippen molar-refractivity contribution in [3.63, 3.8) is 0 Å². The number of rotatable bonds is 8. The summed E-state index contributed by atoms with van der Waals surface area (Å²) in [6.07, 6.45) is -0.947. The number of nitrogens with zero attached hydrogens (tertiary/aromatic N) is 5. The first-order valence-corrected chi connectivity index (χ1v) is 14.4. The molecule has 0 saturated carbocycles. The molecule has 0 spiro atoms. The molecule has 4 heterocycles. The molecule has 2 aliphatic rings. The molecular formula is C29H28F3N5O4S. The maximum absolute atomic E-state index is 12.8. The van der Waals surface area contributed by atoms with E-state index in [1.807, 2.05) is 24.4 Å². The highest BCUT2D eigenvalue weighted by Gasteiger charge is 2.41. The van der Waals surface area contributed by atoms with E-state index >= 15 is 0 Å². The zero-order valence-electron chi connectivity index (χ0n) is 22.7. The molecule has 42 heavy (non-hydrogen) atoms. The molecule has 4 aromatic rings. The van der Waals surface area contributed by atoms with Crippen LogP contribution >= 0.6 is 11.3 Å². The van der Waals surface area contributed by atoms with Crippen LogP contribution in [0.4, 0.5) is 19.0 Å². The number of benzene rings is 2. The predicted molar refractivity (Wildman–Crippen MR) is 150 cm³/mol. The summed E-state index contributed by atoms with van der Waals surface area (Å²) >= 11 is 1.45. The first kappa shape index (κ1) is 28.2. The molecule has 0 bridgehead atoms. The van der Waals surface area contributed by atoms with Gasteiger partial charge in [-0.05, 0) is 73.5 Å². The van der Waals surface area contributed by atoms with Gasteiger partial charge in [-0.25, -0.2) is 4.98 Å². The standard InChI is InChI=1S/C29H28F3N5O4S/c1-28(17-36-15-25(37(38)39)34-27(36)41-28)18-40-24-8-4-19(5-9-24)20-10-12-35(13-11-20)14-23-16-42-26(33-23)21-2-6-22(7-3-21)29(30,31)32/h2-9,15-16,20H,10-14,17-18H2,1H3/t28-/m1/s1. The number of nitro groups is 1. The Morgan fingerprint density at radius 3 is 2.48 bits per heavy atom. The second kappa shape index (κ2) is 11.0. The molecule has 0 radical (unpaired) electrons. The third kappa shape index (κ3) is 6.12. The van der Waals surface area contributed by atoms with Gasteiger partial charge in [0.1, 0.15) is 23.6 Å². The van der Waals surface area contributed by atoms with Gasteiger partial charge in [-0.2, -0.15) is 13.2 Å². The van der Waals surface area contributed by atoms with Gasteiger partial charge in [0, 0.05) is 22.5 Å². The molecule has 0 amide bonds. The monoisotopic (exact) mass is 599 g/mol. The number of fused-ring (bicyclic) bond motifs is 1. The van der Waals surface area contributed by atoms with Crippen molar-refractivity contribution in [2.75, 3.05) is 19.7 Å². The number of thiazole rings is 1. The van der Waals surface area contributed by atoms with Crippen molar-refractivity contribution < 1.29 is 27.6 Å². The van der Waals surface area contributed by atoms with E-state index < -0.39 is 22.3 Å². The minimum atomic E-state index is -4.35. The van der Waals surface area contributed by atoms with E-state index in [1.165, 1.54) is 35.2 Å². The molecule has 1 saturated heterocycles. The number of ether oxygens (including phenoxy) is 2. The SMILES string of the molecule is C[C@]1(COc2ccc(C3CCN(Cc4csc(-c5ccc(C(F)(F)F)cc5)n4)CC3)cc2)Cn2cc([N+](=O)[O-])nc2O1. The van der Waals surface area contributed by atoms with Crippen LogP contribution in [0.25, 0.3) is 10.6 Å². The Hall–Kier alpha value is -3.97. The van der Waals surface area contributed by atoms with Crippen LogP contribution in [0, 0.1) is 10.1 Å². The quantitative estimate of drug-likeness (QED) is 0.168. The zero-order valence-corrected chi connectivity index (χ0v) is 23.5. The first-order chi connectivity index (χ1) is 20.0. The average Bonchev–Trinajstić information content (AvgIpc) is 3.67. The number of hydrogen-bond acceptors (Lipinski definition) is 8. The van der Waals surface area contributed by atoms with Gasteiger partial charge in [0.15, 0.2) is 5.60 Å². The third-order valence-corrected chi connectivity index (χ3v) is 8.58. The summed E-state index contributed by atoms with van der Waals surface area (Å²) in [7, 11) is 0. The third-order valence-electron chi connectivity index (χ3n) is 7.64. The van der Waals surface area contributed by atoms with Crippen LogP contribution in [0.2, 0.25) is 0 Å². The Kier molecular flexibility index (Phi) is 7.39. The molecule has 2 aliphatic heterocycles. The van der Waals surface area contributed by atoms with Crippen molar-refractivity contribution in [3.05, 3.63) is 87.0 Å². The van der Waals surface area contributed by atoms with Crippen molar-refractivity contribution in [1.29, 1.82) is 0 Å². The number of likely N-dealkylation sites (tertiary alicyclic amines) is 1. The van der Waals surface area contributed by atoms with Crippen LogP contribution in [0.5, 0.6) is 11.8 Å². The van der Waals surface area contributed by atoms with Crippen LogP contribution in [0.3, 0.4) is 0 Å². The molecule has 2 aromatic heterocycles. The maximum atomic E-state index is 12.8. The van der Waals surface area contributed by atoms with Gasteiger partial charge in [0.25, 0.3) is 0 Å². The average molecular weight is 600 g/mol. The van der Waals surface area contributed by atoms with Crippen LogP contribution in [0.15, 0.2) is 60.1 Å². The normalized spacial score (nSPS) is 19.4. The lowest BCUT2D eigenvalue weighted by molar-refractivity contribution is -0.389. The van der Waals surface area contributed by atoms with Gasteiger partial charge in [-0.15, -0.1) is 11.3 Å².